The van der Waals surface area contributed by atoms with Gasteiger partial charge in [0.25, 0.3) is 0 Å². The fourth-order valence-corrected chi connectivity index (χ4v) is 2.60. The Morgan fingerprint density at radius 3 is 2.29 bits per heavy atom. The number of carbonyl (C=O) groups excluding carboxylic acids is 1. The van der Waals surface area contributed by atoms with Crippen LogP contribution in [0.1, 0.15) is 12.0 Å². The average molecular weight is 296 g/mol. The molecular formula is C15H20O6. The SMILES string of the molecule is COc1cc(CC2CC(=O)OC2CO)cc(OC)c1OC. The summed E-state index contributed by atoms with van der Waals surface area (Å²) in [4.78, 5) is 11.4. The van der Waals surface area contributed by atoms with E-state index >= 15 is 0 Å². The van der Waals surface area contributed by atoms with Crippen molar-refractivity contribution in [3.8, 4) is 17.2 Å². The molecule has 116 valence electrons. The fraction of sp³-hybridized carbons (Fsp3) is 0.533. The Bertz CT molecular complexity index is 488. The second-order valence-electron chi connectivity index (χ2n) is 4.91. The van der Waals surface area contributed by atoms with E-state index in [2.05, 4.69) is 0 Å². The molecule has 1 aromatic carbocycles. The summed E-state index contributed by atoms with van der Waals surface area (Å²) in [5.74, 6) is 1.34. The molecule has 0 spiro atoms. The van der Waals surface area contributed by atoms with Gasteiger partial charge in [0, 0.05) is 5.92 Å². The van der Waals surface area contributed by atoms with Gasteiger partial charge in [0.05, 0.1) is 34.4 Å². The van der Waals surface area contributed by atoms with E-state index in [9.17, 15) is 9.90 Å². The van der Waals surface area contributed by atoms with Crippen LogP contribution in [0.25, 0.3) is 0 Å². The molecule has 1 aliphatic heterocycles. The summed E-state index contributed by atoms with van der Waals surface area (Å²) in [6, 6.07) is 3.69. The summed E-state index contributed by atoms with van der Waals surface area (Å²) in [5.41, 5.74) is 0.936. The Morgan fingerprint density at radius 2 is 1.81 bits per heavy atom. The van der Waals surface area contributed by atoms with Gasteiger partial charge in [0.15, 0.2) is 11.5 Å². The number of hydrogen-bond acceptors (Lipinski definition) is 6. The van der Waals surface area contributed by atoms with Crippen LogP contribution in [0.5, 0.6) is 17.2 Å². The Kier molecular flexibility index (Phi) is 4.90. The van der Waals surface area contributed by atoms with Gasteiger partial charge < -0.3 is 24.1 Å². The number of carbonyl (C=O) groups is 1. The first kappa shape index (κ1) is 15.4. The van der Waals surface area contributed by atoms with Gasteiger partial charge in [-0.05, 0) is 24.1 Å². The molecule has 6 heteroatoms. The number of aliphatic hydroxyl groups is 1. The molecule has 1 saturated heterocycles. The second-order valence-corrected chi connectivity index (χ2v) is 4.91. The Labute approximate surface area is 123 Å². The van der Waals surface area contributed by atoms with Crippen LogP contribution in [-0.4, -0.2) is 45.1 Å². The lowest BCUT2D eigenvalue weighted by atomic mass is 9.93. The lowest BCUT2D eigenvalue weighted by Gasteiger charge is -2.17. The van der Waals surface area contributed by atoms with Crippen molar-refractivity contribution >= 4 is 5.97 Å². The zero-order valence-electron chi connectivity index (χ0n) is 12.4. The number of rotatable bonds is 6. The predicted octanol–water partition coefficient (Wildman–Crippen LogP) is 1.18. The van der Waals surface area contributed by atoms with E-state index in [1.165, 1.54) is 0 Å². The van der Waals surface area contributed by atoms with E-state index in [0.717, 1.165) is 5.56 Å². The van der Waals surface area contributed by atoms with Gasteiger partial charge in [0.2, 0.25) is 5.75 Å². The molecule has 0 bridgehead atoms. The molecule has 0 amide bonds. The minimum absolute atomic E-state index is 0.0506. The molecule has 21 heavy (non-hydrogen) atoms. The molecule has 0 aliphatic carbocycles. The molecule has 0 aromatic heterocycles. The van der Waals surface area contributed by atoms with Crippen molar-refractivity contribution in [3.63, 3.8) is 0 Å². The fourth-order valence-electron chi connectivity index (χ4n) is 2.60. The third-order valence-electron chi connectivity index (χ3n) is 3.64. The molecule has 1 fully saturated rings. The Balaban J connectivity index is 2.26. The quantitative estimate of drug-likeness (QED) is 0.795. The summed E-state index contributed by atoms with van der Waals surface area (Å²) in [5, 5.41) is 9.27. The van der Waals surface area contributed by atoms with E-state index in [1.54, 1.807) is 21.3 Å². The third-order valence-corrected chi connectivity index (χ3v) is 3.64. The summed E-state index contributed by atoms with van der Waals surface area (Å²) in [6.07, 6.45) is 0.451. The highest BCUT2D eigenvalue weighted by molar-refractivity contribution is 5.72. The molecule has 0 saturated carbocycles. The van der Waals surface area contributed by atoms with Crippen molar-refractivity contribution in [2.24, 2.45) is 5.92 Å². The van der Waals surface area contributed by atoms with E-state index in [0.29, 0.717) is 30.1 Å². The number of ether oxygens (including phenoxy) is 4. The molecule has 1 aliphatic rings. The zero-order valence-corrected chi connectivity index (χ0v) is 12.4. The monoisotopic (exact) mass is 296 g/mol. The topological polar surface area (TPSA) is 74.2 Å². The molecule has 6 nitrogen and oxygen atoms in total. The Morgan fingerprint density at radius 1 is 1.19 bits per heavy atom. The van der Waals surface area contributed by atoms with Gasteiger partial charge in [-0.2, -0.15) is 0 Å². The number of methoxy groups -OCH3 is 3. The molecule has 2 rings (SSSR count). The highest BCUT2D eigenvalue weighted by atomic mass is 16.6. The molecule has 1 heterocycles. The molecule has 2 unspecified atom stereocenters. The van der Waals surface area contributed by atoms with Crippen LogP contribution in [-0.2, 0) is 16.0 Å². The summed E-state index contributed by atoms with van der Waals surface area (Å²) >= 11 is 0. The predicted molar refractivity (Wildman–Crippen MR) is 74.9 cm³/mol. The highest BCUT2D eigenvalue weighted by Crippen LogP contribution is 2.39. The minimum Gasteiger partial charge on any atom is -0.493 e. The van der Waals surface area contributed by atoms with Crippen LogP contribution in [0.4, 0.5) is 0 Å². The smallest absolute Gasteiger partial charge is 0.306 e. The van der Waals surface area contributed by atoms with Gasteiger partial charge in [0.1, 0.15) is 6.10 Å². The maximum atomic E-state index is 11.4. The standard InChI is InChI=1S/C15H20O6/c1-18-11-5-9(6-12(19-2)15(11)20-3)4-10-7-14(17)21-13(10)8-16/h5-6,10,13,16H,4,7-8H2,1-3H3. The van der Waals surface area contributed by atoms with Crippen LogP contribution >= 0.6 is 0 Å². The number of cyclic esters (lactones) is 1. The zero-order chi connectivity index (χ0) is 15.4. The van der Waals surface area contributed by atoms with Crippen molar-refractivity contribution in [2.45, 2.75) is 18.9 Å². The van der Waals surface area contributed by atoms with Gasteiger partial charge in [-0.25, -0.2) is 0 Å². The van der Waals surface area contributed by atoms with Crippen LogP contribution in [0.2, 0.25) is 0 Å². The van der Waals surface area contributed by atoms with E-state index in [4.69, 9.17) is 18.9 Å². The molecule has 0 radical (unpaired) electrons. The molecule has 1 aromatic rings. The first-order chi connectivity index (χ1) is 10.1. The van der Waals surface area contributed by atoms with Crippen LogP contribution in [0.15, 0.2) is 12.1 Å². The van der Waals surface area contributed by atoms with E-state index in [-0.39, 0.29) is 18.5 Å². The maximum Gasteiger partial charge on any atom is 0.306 e. The van der Waals surface area contributed by atoms with Gasteiger partial charge >= 0.3 is 5.97 Å². The van der Waals surface area contributed by atoms with Crippen LogP contribution in [0, 0.1) is 5.92 Å². The normalized spacial score (nSPS) is 21.0. The maximum absolute atomic E-state index is 11.4. The third kappa shape index (κ3) is 3.21. The van der Waals surface area contributed by atoms with Gasteiger partial charge in [-0.3, -0.25) is 4.79 Å². The molecule has 2 atom stereocenters. The van der Waals surface area contributed by atoms with Gasteiger partial charge in [-0.1, -0.05) is 0 Å². The van der Waals surface area contributed by atoms with E-state index in [1.807, 2.05) is 12.1 Å². The Hall–Kier alpha value is -1.95. The molecular weight excluding hydrogens is 276 g/mol. The largest absolute Gasteiger partial charge is 0.493 e. The number of hydrogen-bond donors (Lipinski definition) is 1. The van der Waals surface area contributed by atoms with Crippen molar-refractivity contribution < 1.29 is 28.8 Å². The summed E-state index contributed by atoms with van der Waals surface area (Å²) in [6.45, 7) is -0.166. The van der Waals surface area contributed by atoms with Crippen molar-refractivity contribution in [2.75, 3.05) is 27.9 Å². The second kappa shape index (κ2) is 6.67. The van der Waals surface area contributed by atoms with Crippen molar-refractivity contribution in [1.29, 1.82) is 0 Å². The minimum atomic E-state index is -0.448. The highest BCUT2D eigenvalue weighted by Gasteiger charge is 2.34. The first-order valence-corrected chi connectivity index (χ1v) is 6.72. The first-order valence-electron chi connectivity index (χ1n) is 6.72. The van der Waals surface area contributed by atoms with Crippen molar-refractivity contribution in [1.82, 2.24) is 0 Å². The average Bonchev–Trinajstić information content (AvgIpc) is 2.85. The van der Waals surface area contributed by atoms with E-state index < -0.39 is 6.10 Å². The summed E-state index contributed by atoms with van der Waals surface area (Å²) in [7, 11) is 4.66. The number of benzene rings is 1. The lowest BCUT2D eigenvalue weighted by molar-refractivity contribution is -0.142. The lowest BCUT2D eigenvalue weighted by Crippen LogP contribution is -2.22. The van der Waals surface area contributed by atoms with Gasteiger partial charge in [-0.15, -0.1) is 0 Å². The number of esters is 1. The summed E-state index contributed by atoms with van der Waals surface area (Å²) < 4.78 is 21.0. The van der Waals surface area contributed by atoms with Crippen LogP contribution in [0.3, 0.4) is 0 Å². The molecule has 1 N–H and O–H groups in total. The van der Waals surface area contributed by atoms with Crippen LogP contribution < -0.4 is 14.2 Å². The number of aliphatic hydroxyl groups excluding tert-OH is 1. The van der Waals surface area contributed by atoms with Crippen molar-refractivity contribution in [3.05, 3.63) is 17.7 Å².